The molecule has 0 fully saturated rings. The summed E-state index contributed by atoms with van der Waals surface area (Å²) in [7, 11) is 1.56. The molecule has 1 radical (unpaired) electrons. The molecule has 0 aliphatic heterocycles. The Kier molecular flexibility index (Phi) is 2.37. The number of carbonyl (C=O) groups is 1. The quantitative estimate of drug-likeness (QED) is 0.506. The van der Waals surface area contributed by atoms with Gasteiger partial charge in [0, 0.05) is 13.2 Å². The molecule has 39 valence electrons. The largest absolute Gasteiger partial charge is 0.316 e. The van der Waals surface area contributed by atoms with Crippen molar-refractivity contribution in [2.24, 2.45) is 0 Å². The average Bonchev–Trinajstić information content (AvgIpc) is 1.65. The molecule has 0 N–H and O–H groups in total. The number of nitrogens with zero attached hydrogens (tertiary/aromatic N) is 1. The van der Waals surface area contributed by atoms with Crippen LogP contribution in [0.4, 0.5) is 4.79 Å². The van der Waals surface area contributed by atoms with Crippen molar-refractivity contribution in [2.75, 3.05) is 7.05 Å². The van der Waals surface area contributed by atoms with Gasteiger partial charge in [0.1, 0.15) is 0 Å². The van der Waals surface area contributed by atoms with E-state index >= 15 is 0 Å². The minimum atomic E-state index is -0.407. The summed E-state index contributed by atoms with van der Waals surface area (Å²) in [6.45, 7) is 3.32. The minimum absolute atomic E-state index is 0.407. The van der Waals surface area contributed by atoms with E-state index in [-0.39, 0.29) is 0 Å². The summed E-state index contributed by atoms with van der Waals surface area (Å²) >= 11 is 4.22. The van der Waals surface area contributed by atoms with Gasteiger partial charge in [-0.1, -0.05) is 6.58 Å². The van der Waals surface area contributed by atoms with E-state index in [0.29, 0.717) is 0 Å². The first-order chi connectivity index (χ1) is 3.18. The van der Waals surface area contributed by atoms with Gasteiger partial charge in [0.05, 0.1) is 0 Å². The third-order valence-electron chi connectivity index (χ3n) is 0.562. The van der Waals surface area contributed by atoms with Crippen molar-refractivity contribution in [3.63, 3.8) is 0 Å². The molecule has 0 spiro atoms. The van der Waals surface area contributed by atoms with Gasteiger partial charge >= 0.3 is 5.24 Å². The second kappa shape index (κ2) is 2.58. The number of carbonyl (C=O) groups excluding carboxylic acids is 1. The highest BCUT2D eigenvalue weighted by atomic mass is 32.1. The van der Waals surface area contributed by atoms with Gasteiger partial charge in [-0.05, 0) is 12.6 Å². The van der Waals surface area contributed by atoms with Crippen LogP contribution in [0.15, 0.2) is 12.8 Å². The monoisotopic (exact) mass is 116 g/mol. The summed E-state index contributed by atoms with van der Waals surface area (Å²) < 4.78 is 0. The van der Waals surface area contributed by atoms with Gasteiger partial charge < -0.3 is 4.90 Å². The Hall–Kier alpha value is -0.570. The van der Waals surface area contributed by atoms with Crippen LogP contribution in [0, 0.1) is 0 Å². The molecule has 0 aliphatic rings. The van der Waals surface area contributed by atoms with Crippen molar-refractivity contribution >= 4 is 17.9 Å². The first kappa shape index (κ1) is 6.43. The van der Waals surface area contributed by atoms with Gasteiger partial charge in [0.15, 0.2) is 0 Å². The number of rotatable bonds is 1. The fraction of sp³-hybridized carbons (Fsp3) is 0.250. The first-order valence-electron chi connectivity index (χ1n) is 1.75. The fourth-order valence-electron chi connectivity index (χ4n) is 0.0745. The van der Waals surface area contributed by atoms with Crippen molar-refractivity contribution < 1.29 is 4.79 Å². The lowest BCUT2D eigenvalue weighted by atomic mass is 10.8. The van der Waals surface area contributed by atoms with Crippen LogP contribution >= 0.6 is 12.6 Å². The van der Waals surface area contributed by atoms with E-state index in [1.54, 1.807) is 7.05 Å². The molecule has 0 saturated carbocycles. The van der Waals surface area contributed by atoms with Crippen molar-refractivity contribution in [1.82, 2.24) is 4.90 Å². The normalized spacial score (nSPS) is 7.57. The van der Waals surface area contributed by atoms with Gasteiger partial charge in [-0.3, -0.25) is 4.79 Å². The van der Waals surface area contributed by atoms with Crippen LogP contribution < -0.4 is 0 Å². The van der Waals surface area contributed by atoms with Crippen LogP contribution in [0.3, 0.4) is 0 Å². The van der Waals surface area contributed by atoms with Gasteiger partial charge in [-0.15, -0.1) is 0 Å². The maximum Gasteiger partial charge on any atom is 0.316 e. The molecule has 0 heterocycles. The Bertz CT molecular complexity index is 91.7. The molecule has 7 heavy (non-hydrogen) atoms. The molecule has 0 aliphatic carbocycles. The smallest absolute Gasteiger partial charge is 0.310 e. The van der Waals surface area contributed by atoms with Crippen LogP contribution in [0.1, 0.15) is 0 Å². The second-order valence-corrected chi connectivity index (χ2v) is 1.41. The zero-order valence-corrected chi connectivity index (χ0v) is 4.86. The zero-order valence-electron chi connectivity index (χ0n) is 4.05. The molecule has 0 bridgehead atoms. The summed E-state index contributed by atoms with van der Waals surface area (Å²) in [5.74, 6) is 0. The standard InChI is InChI=1S/C4H6NOS/c1-3-5(2)4(6)7/h3H,1H2,2H3. The van der Waals surface area contributed by atoms with Crippen molar-refractivity contribution in [3.8, 4) is 0 Å². The predicted octanol–water partition coefficient (Wildman–Crippen LogP) is 1.38. The molecule has 0 aromatic rings. The molecule has 0 aromatic heterocycles. The number of hydrogen-bond acceptors (Lipinski definition) is 1. The molecule has 0 aromatic carbocycles. The molecule has 0 rings (SSSR count). The molecule has 1 amide bonds. The molecular formula is C4H6NOS. The van der Waals surface area contributed by atoms with Crippen LogP contribution in [-0.4, -0.2) is 17.2 Å². The number of amides is 1. The maximum absolute atomic E-state index is 10.0. The van der Waals surface area contributed by atoms with Gasteiger partial charge in [0.25, 0.3) is 0 Å². The minimum Gasteiger partial charge on any atom is -0.310 e. The molecule has 0 unspecified atom stereocenters. The highest BCUT2D eigenvalue weighted by Gasteiger charge is 1.94. The van der Waals surface area contributed by atoms with E-state index < -0.39 is 5.24 Å². The van der Waals surface area contributed by atoms with E-state index in [9.17, 15) is 4.79 Å². The molecule has 2 nitrogen and oxygen atoms in total. The summed E-state index contributed by atoms with van der Waals surface area (Å²) in [5.41, 5.74) is 0. The van der Waals surface area contributed by atoms with Crippen LogP contribution in [0.2, 0.25) is 0 Å². The summed E-state index contributed by atoms with van der Waals surface area (Å²) in [4.78, 5) is 11.3. The predicted molar refractivity (Wildman–Crippen MR) is 30.9 cm³/mol. The van der Waals surface area contributed by atoms with E-state index in [1.165, 1.54) is 11.1 Å². The molecular weight excluding hydrogens is 110 g/mol. The first-order valence-corrected chi connectivity index (χ1v) is 2.15. The highest BCUT2D eigenvalue weighted by molar-refractivity contribution is 7.96. The third-order valence-corrected chi connectivity index (χ3v) is 0.850. The van der Waals surface area contributed by atoms with E-state index in [1.807, 2.05) is 0 Å². The Morgan fingerprint density at radius 2 is 2.43 bits per heavy atom. The van der Waals surface area contributed by atoms with Gasteiger partial charge in [0.2, 0.25) is 0 Å². The van der Waals surface area contributed by atoms with E-state index in [2.05, 4.69) is 19.2 Å². The zero-order chi connectivity index (χ0) is 5.86. The van der Waals surface area contributed by atoms with Gasteiger partial charge in [-0.25, -0.2) is 0 Å². The van der Waals surface area contributed by atoms with Crippen LogP contribution in [-0.2, 0) is 0 Å². The molecule has 3 heteroatoms. The molecule has 0 atom stereocenters. The lowest BCUT2D eigenvalue weighted by Gasteiger charge is -2.02. The fourth-order valence-corrected chi connectivity index (χ4v) is 0.149. The summed E-state index contributed by atoms with van der Waals surface area (Å²) in [6, 6.07) is 0. The highest BCUT2D eigenvalue weighted by Crippen LogP contribution is 1.88. The Morgan fingerprint density at radius 1 is 2.00 bits per heavy atom. The molecule has 0 saturated heterocycles. The Morgan fingerprint density at radius 3 is 2.43 bits per heavy atom. The van der Waals surface area contributed by atoms with Gasteiger partial charge in [-0.2, -0.15) is 0 Å². The van der Waals surface area contributed by atoms with Crippen molar-refractivity contribution in [2.45, 2.75) is 0 Å². The van der Waals surface area contributed by atoms with E-state index in [4.69, 9.17) is 0 Å². The lowest BCUT2D eigenvalue weighted by Crippen LogP contribution is -2.11. The maximum atomic E-state index is 10.0. The van der Waals surface area contributed by atoms with E-state index in [0.717, 1.165) is 0 Å². The summed E-state index contributed by atoms with van der Waals surface area (Å²) in [6.07, 6.45) is 1.37. The SMILES string of the molecule is C=CN(C)C(=O)[S]. The third kappa shape index (κ3) is 2.17. The average molecular weight is 116 g/mol. The van der Waals surface area contributed by atoms with Crippen molar-refractivity contribution in [3.05, 3.63) is 12.8 Å². The second-order valence-electron chi connectivity index (χ2n) is 1.06. The Balaban J connectivity index is 3.55. The summed E-state index contributed by atoms with van der Waals surface area (Å²) in [5, 5.41) is -0.407. The van der Waals surface area contributed by atoms with Crippen molar-refractivity contribution in [1.29, 1.82) is 0 Å². The number of hydrogen-bond donors (Lipinski definition) is 0. The lowest BCUT2D eigenvalue weighted by molar-refractivity contribution is 0.246. The van der Waals surface area contributed by atoms with Crippen LogP contribution in [0.5, 0.6) is 0 Å². The van der Waals surface area contributed by atoms with Crippen LogP contribution in [0.25, 0.3) is 0 Å². The Labute approximate surface area is 48.2 Å². The topological polar surface area (TPSA) is 20.3 Å².